The van der Waals surface area contributed by atoms with Gasteiger partial charge in [-0.3, -0.25) is 4.79 Å². The number of halogens is 1. The van der Waals surface area contributed by atoms with Crippen LogP contribution in [0.3, 0.4) is 0 Å². The van der Waals surface area contributed by atoms with Gasteiger partial charge in [0.25, 0.3) is 0 Å². The molecule has 0 amide bonds. The van der Waals surface area contributed by atoms with Gasteiger partial charge in [-0.25, -0.2) is 9.37 Å². The summed E-state index contributed by atoms with van der Waals surface area (Å²) in [5.74, 6) is -1.66. The van der Waals surface area contributed by atoms with Crippen molar-refractivity contribution in [1.82, 2.24) is 4.98 Å². The Morgan fingerprint density at radius 3 is 2.76 bits per heavy atom. The van der Waals surface area contributed by atoms with Crippen LogP contribution < -0.4 is 0 Å². The molecule has 0 saturated carbocycles. The first-order valence-corrected chi connectivity index (χ1v) is 7.12. The largest absolute Gasteiger partial charge is 0.505 e. The van der Waals surface area contributed by atoms with Gasteiger partial charge in [0.15, 0.2) is 11.6 Å². The van der Waals surface area contributed by atoms with E-state index in [-0.39, 0.29) is 17.0 Å². The van der Waals surface area contributed by atoms with E-state index >= 15 is 0 Å². The Bertz CT molecular complexity index is 800. The van der Waals surface area contributed by atoms with Crippen molar-refractivity contribution < 1.29 is 14.3 Å². The van der Waals surface area contributed by atoms with E-state index < -0.39 is 11.6 Å². The van der Waals surface area contributed by atoms with Gasteiger partial charge < -0.3 is 5.11 Å². The molecule has 1 N–H and O–H groups in total. The molecule has 104 valence electrons. The molecule has 21 heavy (non-hydrogen) atoms. The van der Waals surface area contributed by atoms with Crippen molar-refractivity contribution in [3.8, 4) is 17.0 Å². The highest BCUT2D eigenvalue weighted by molar-refractivity contribution is 7.08. The van der Waals surface area contributed by atoms with Crippen LogP contribution in [0.1, 0.15) is 16.1 Å². The van der Waals surface area contributed by atoms with Crippen LogP contribution in [0, 0.1) is 5.82 Å². The molecule has 0 aliphatic rings. The van der Waals surface area contributed by atoms with Crippen LogP contribution in [0.4, 0.5) is 4.39 Å². The van der Waals surface area contributed by atoms with Gasteiger partial charge in [-0.15, -0.1) is 0 Å². The van der Waals surface area contributed by atoms with Crippen molar-refractivity contribution >= 4 is 17.1 Å². The van der Waals surface area contributed by atoms with Crippen LogP contribution in [0.15, 0.2) is 53.2 Å². The van der Waals surface area contributed by atoms with E-state index in [9.17, 15) is 14.3 Å². The molecule has 0 saturated heterocycles. The lowest BCUT2D eigenvalue weighted by Crippen LogP contribution is -2.04. The summed E-state index contributed by atoms with van der Waals surface area (Å²) in [4.78, 5) is 16.7. The van der Waals surface area contributed by atoms with E-state index in [1.807, 2.05) is 22.9 Å². The minimum Gasteiger partial charge on any atom is -0.505 e. The molecule has 0 unspecified atom stereocenters. The average Bonchev–Trinajstić information content (AvgIpc) is 3.04. The average molecular weight is 299 g/mol. The third-order valence-corrected chi connectivity index (χ3v) is 3.69. The molecular weight excluding hydrogens is 289 g/mol. The summed E-state index contributed by atoms with van der Waals surface area (Å²) in [6.07, 6.45) is 0. The van der Waals surface area contributed by atoms with E-state index in [4.69, 9.17) is 0 Å². The van der Waals surface area contributed by atoms with E-state index in [2.05, 4.69) is 4.98 Å². The quantitative estimate of drug-likeness (QED) is 0.747. The van der Waals surface area contributed by atoms with Gasteiger partial charge in [0.2, 0.25) is 5.78 Å². The lowest BCUT2D eigenvalue weighted by atomic mass is 10.1. The van der Waals surface area contributed by atoms with Crippen LogP contribution >= 0.6 is 11.3 Å². The summed E-state index contributed by atoms with van der Waals surface area (Å²) in [5.41, 5.74) is 2.10. The molecule has 0 fully saturated rings. The fourth-order valence-electron chi connectivity index (χ4n) is 1.93. The highest BCUT2D eigenvalue weighted by atomic mass is 32.1. The van der Waals surface area contributed by atoms with Gasteiger partial charge in [-0.2, -0.15) is 11.3 Å². The molecule has 3 aromatic rings. The van der Waals surface area contributed by atoms with Crippen LogP contribution in [-0.2, 0) is 0 Å². The number of thiophene rings is 1. The number of phenols is 1. The Morgan fingerprint density at radius 2 is 2.05 bits per heavy atom. The minimum absolute atomic E-state index is 0.198. The third-order valence-electron chi connectivity index (χ3n) is 3.01. The van der Waals surface area contributed by atoms with E-state index in [0.717, 1.165) is 17.7 Å². The first-order valence-electron chi connectivity index (χ1n) is 6.18. The summed E-state index contributed by atoms with van der Waals surface area (Å²) in [6.45, 7) is 0. The Hall–Kier alpha value is -2.53. The fourth-order valence-corrected chi connectivity index (χ4v) is 2.58. The molecule has 0 atom stereocenters. The first kappa shape index (κ1) is 13.5. The zero-order chi connectivity index (χ0) is 14.8. The summed E-state index contributed by atoms with van der Waals surface area (Å²) in [6, 6.07) is 10.6. The van der Waals surface area contributed by atoms with Crippen LogP contribution in [-0.4, -0.2) is 15.9 Å². The molecular formula is C16H10FNO2S. The number of pyridine rings is 1. The van der Waals surface area contributed by atoms with Crippen molar-refractivity contribution in [1.29, 1.82) is 0 Å². The summed E-state index contributed by atoms with van der Waals surface area (Å²) in [5, 5.41) is 13.2. The Labute approximate surface area is 124 Å². The van der Waals surface area contributed by atoms with Crippen LogP contribution in [0.25, 0.3) is 11.3 Å². The zero-order valence-electron chi connectivity index (χ0n) is 10.8. The number of phenolic OH excluding ortho intramolecular Hbond substituents is 1. The molecule has 2 aromatic heterocycles. The minimum atomic E-state index is -0.758. The Balaban J connectivity index is 1.98. The first-order chi connectivity index (χ1) is 10.1. The molecule has 0 aliphatic heterocycles. The number of hydrogen-bond donors (Lipinski definition) is 1. The van der Waals surface area contributed by atoms with E-state index in [1.165, 1.54) is 6.07 Å². The van der Waals surface area contributed by atoms with Gasteiger partial charge in [0, 0.05) is 16.5 Å². The molecule has 1 aromatic carbocycles. The maximum atomic E-state index is 13.0. The summed E-state index contributed by atoms with van der Waals surface area (Å²) in [7, 11) is 0. The van der Waals surface area contributed by atoms with Crippen molar-refractivity contribution in [2.24, 2.45) is 0 Å². The number of benzene rings is 1. The van der Waals surface area contributed by atoms with Crippen molar-refractivity contribution in [2.75, 3.05) is 0 Å². The molecule has 3 rings (SSSR count). The molecule has 0 aliphatic carbocycles. The smallest absolute Gasteiger partial charge is 0.211 e. The highest BCUT2D eigenvalue weighted by Gasteiger charge is 2.14. The summed E-state index contributed by atoms with van der Waals surface area (Å²) < 4.78 is 13.0. The standard InChI is InChI=1S/C16H10FNO2S/c17-12-5-4-10(8-15(12)19)16(20)14-3-1-2-13(18-14)11-6-7-21-9-11/h1-9,19H. The highest BCUT2D eigenvalue weighted by Crippen LogP contribution is 2.22. The maximum absolute atomic E-state index is 13.0. The SMILES string of the molecule is O=C(c1ccc(F)c(O)c1)c1cccc(-c2ccsc2)n1. The van der Waals surface area contributed by atoms with E-state index in [0.29, 0.717) is 5.69 Å². The molecule has 5 heteroatoms. The molecule has 0 bridgehead atoms. The fraction of sp³-hybridized carbons (Fsp3) is 0. The second-order valence-electron chi connectivity index (χ2n) is 4.42. The molecule has 2 heterocycles. The number of aromatic hydroxyl groups is 1. The number of hydrogen-bond acceptors (Lipinski definition) is 4. The summed E-state index contributed by atoms with van der Waals surface area (Å²) >= 11 is 1.55. The lowest BCUT2D eigenvalue weighted by Gasteiger charge is -2.04. The molecule has 3 nitrogen and oxygen atoms in total. The van der Waals surface area contributed by atoms with Gasteiger partial charge in [0.05, 0.1) is 5.69 Å². The van der Waals surface area contributed by atoms with Crippen molar-refractivity contribution in [3.05, 3.63) is 70.3 Å². The maximum Gasteiger partial charge on any atom is 0.211 e. The molecule has 0 radical (unpaired) electrons. The topological polar surface area (TPSA) is 50.2 Å². The number of aromatic nitrogens is 1. The van der Waals surface area contributed by atoms with E-state index in [1.54, 1.807) is 23.5 Å². The normalized spacial score (nSPS) is 10.5. The monoisotopic (exact) mass is 299 g/mol. The number of ketones is 1. The third kappa shape index (κ3) is 2.68. The zero-order valence-corrected chi connectivity index (χ0v) is 11.6. The molecule has 0 spiro atoms. The lowest BCUT2D eigenvalue weighted by molar-refractivity contribution is 0.103. The van der Waals surface area contributed by atoms with Gasteiger partial charge >= 0.3 is 0 Å². The number of rotatable bonds is 3. The van der Waals surface area contributed by atoms with Gasteiger partial charge in [0.1, 0.15) is 5.69 Å². The number of nitrogens with zero attached hydrogens (tertiary/aromatic N) is 1. The Morgan fingerprint density at radius 1 is 1.19 bits per heavy atom. The van der Waals surface area contributed by atoms with Crippen molar-refractivity contribution in [2.45, 2.75) is 0 Å². The second-order valence-corrected chi connectivity index (χ2v) is 5.20. The van der Waals surface area contributed by atoms with Gasteiger partial charge in [-0.1, -0.05) is 6.07 Å². The predicted octanol–water partition coefficient (Wildman–Crippen LogP) is 3.89. The van der Waals surface area contributed by atoms with Crippen molar-refractivity contribution in [3.63, 3.8) is 0 Å². The van der Waals surface area contributed by atoms with Crippen LogP contribution in [0.5, 0.6) is 5.75 Å². The van der Waals surface area contributed by atoms with Gasteiger partial charge in [-0.05, 0) is 41.8 Å². The van der Waals surface area contributed by atoms with Crippen LogP contribution in [0.2, 0.25) is 0 Å². The predicted molar refractivity (Wildman–Crippen MR) is 79.0 cm³/mol. The second kappa shape index (κ2) is 5.46. The Kier molecular flexibility index (Phi) is 3.50. The number of carbonyl (C=O) groups is 1. The number of carbonyl (C=O) groups excluding carboxylic acids is 1.